The molecule has 0 spiro atoms. The Labute approximate surface area is 166 Å². The van der Waals surface area contributed by atoms with Gasteiger partial charge in [-0.1, -0.05) is 6.07 Å². The molecule has 28 heavy (non-hydrogen) atoms. The number of hydrogen-bond acceptors (Lipinski definition) is 4. The third-order valence-corrected chi connectivity index (χ3v) is 4.77. The normalized spacial score (nSPS) is 10.9. The van der Waals surface area contributed by atoms with E-state index in [2.05, 4.69) is 5.32 Å². The van der Waals surface area contributed by atoms with Gasteiger partial charge in [-0.15, -0.1) is 11.3 Å². The van der Waals surface area contributed by atoms with Gasteiger partial charge in [-0.3, -0.25) is 9.59 Å². The zero-order chi connectivity index (χ0) is 19.8. The van der Waals surface area contributed by atoms with Crippen molar-refractivity contribution in [2.24, 2.45) is 0 Å². The fourth-order valence-electron chi connectivity index (χ4n) is 2.53. The molecule has 3 rings (SSSR count). The number of halogens is 1. The van der Waals surface area contributed by atoms with Gasteiger partial charge in [-0.25, -0.2) is 4.39 Å². The van der Waals surface area contributed by atoms with Gasteiger partial charge >= 0.3 is 0 Å². The van der Waals surface area contributed by atoms with Crippen LogP contribution in [0.25, 0.3) is 6.08 Å². The van der Waals surface area contributed by atoms with Gasteiger partial charge in [0.25, 0.3) is 0 Å². The van der Waals surface area contributed by atoms with Crippen molar-refractivity contribution in [3.05, 3.63) is 82.7 Å². The molecule has 0 unspecified atom stereocenters. The Hall–Kier alpha value is -3.19. The lowest BCUT2D eigenvalue weighted by atomic mass is 10.2. The van der Waals surface area contributed by atoms with Crippen LogP contribution in [0.1, 0.15) is 17.1 Å². The first kappa shape index (κ1) is 19.6. The van der Waals surface area contributed by atoms with Crippen LogP contribution < -0.4 is 10.2 Å². The van der Waals surface area contributed by atoms with E-state index in [1.54, 1.807) is 46.6 Å². The molecular formula is C21H19FN2O3S. The molecule has 0 saturated heterocycles. The van der Waals surface area contributed by atoms with E-state index < -0.39 is 0 Å². The van der Waals surface area contributed by atoms with E-state index in [1.807, 2.05) is 17.5 Å². The van der Waals surface area contributed by atoms with Crippen LogP contribution in [-0.2, 0) is 16.1 Å². The topological polar surface area (TPSA) is 62.6 Å². The minimum absolute atomic E-state index is 0.128. The van der Waals surface area contributed by atoms with Gasteiger partial charge in [-0.2, -0.15) is 0 Å². The number of thiophene rings is 1. The number of carbonyl (C=O) groups excluding carboxylic acids is 2. The third kappa shape index (κ3) is 5.65. The Kier molecular flexibility index (Phi) is 6.75. The zero-order valence-corrected chi connectivity index (χ0v) is 15.8. The molecule has 0 radical (unpaired) electrons. The summed E-state index contributed by atoms with van der Waals surface area (Å²) in [5.74, 6) is -0.251. The molecule has 2 aromatic heterocycles. The van der Waals surface area contributed by atoms with Gasteiger partial charge in [0.2, 0.25) is 11.8 Å². The number of amides is 2. The first-order valence-electron chi connectivity index (χ1n) is 8.69. The largest absolute Gasteiger partial charge is 0.465 e. The lowest BCUT2D eigenvalue weighted by Gasteiger charge is -2.22. The molecule has 0 aliphatic heterocycles. The molecule has 2 heterocycles. The molecule has 1 aromatic carbocycles. The predicted octanol–water partition coefficient (Wildman–Crippen LogP) is 4.23. The van der Waals surface area contributed by atoms with Crippen molar-refractivity contribution in [1.82, 2.24) is 5.32 Å². The van der Waals surface area contributed by atoms with Crippen molar-refractivity contribution >= 4 is 34.9 Å². The number of carbonyl (C=O) groups is 2. The lowest BCUT2D eigenvalue weighted by molar-refractivity contribution is -0.119. The SMILES string of the molecule is O=C(/C=C/c1ccco1)NCCC(=O)N(Cc1cccs1)c1ccc(F)cc1. The van der Waals surface area contributed by atoms with E-state index in [4.69, 9.17) is 4.42 Å². The molecule has 0 saturated carbocycles. The molecule has 0 atom stereocenters. The van der Waals surface area contributed by atoms with Crippen LogP contribution in [0.5, 0.6) is 0 Å². The molecule has 3 aromatic rings. The first-order chi connectivity index (χ1) is 13.6. The number of rotatable bonds is 8. The van der Waals surface area contributed by atoms with Crippen LogP contribution in [0.3, 0.4) is 0 Å². The second-order valence-corrected chi connectivity index (χ2v) is 6.96. The number of nitrogens with zero attached hydrogens (tertiary/aromatic N) is 1. The van der Waals surface area contributed by atoms with E-state index in [1.165, 1.54) is 24.5 Å². The van der Waals surface area contributed by atoms with Gasteiger partial charge in [0, 0.05) is 29.6 Å². The summed E-state index contributed by atoms with van der Waals surface area (Å²) in [6.07, 6.45) is 4.56. The van der Waals surface area contributed by atoms with Crippen molar-refractivity contribution in [2.75, 3.05) is 11.4 Å². The Morgan fingerprint density at radius 3 is 2.64 bits per heavy atom. The summed E-state index contributed by atoms with van der Waals surface area (Å²) in [4.78, 5) is 27.2. The van der Waals surface area contributed by atoms with Crippen molar-refractivity contribution in [3.8, 4) is 0 Å². The Morgan fingerprint density at radius 1 is 1.14 bits per heavy atom. The zero-order valence-electron chi connectivity index (χ0n) is 15.0. The summed E-state index contributed by atoms with van der Waals surface area (Å²) in [5, 5.41) is 4.62. The highest BCUT2D eigenvalue weighted by Gasteiger charge is 2.17. The standard InChI is InChI=1S/C21H19FN2O3S/c22-16-5-7-17(8-6-16)24(15-19-4-2-14-28-19)21(26)11-12-23-20(25)10-9-18-3-1-13-27-18/h1-10,13-14H,11-12,15H2,(H,23,25)/b10-9+. The van der Waals surface area contributed by atoms with Gasteiger partial charge in [0.15, 0.2) is 0 Å². The smallest absolute Gasteiger partial charge is 0.244 e. The number of anilines is 1. The summed E-state index contributed by atoms with van der Waals surface area (Å²) >= 11 is 1.54. The Bertz CT molecular complexity index is 919. The van der Waals surface area contributed by atoms with Crippen LogP contribution in [0.15, 0.2) is 70.7 Å². The molecular weight excluding hydrogens is 379 g/mol. The Morgan fingerprint density at radius 2 is 1.96 bits per heavy atom. The average molecular weight is 398 g/mol. The Balaban J connectivity index is 1.57. The van der Waals surface area contributed by atoms with Crippen LogP contribution >= 0.6 is 11.3 Å². The highest BCUT2D eigenvalue weighted by Crippen LogP contribution is 2.21. The molecule has 0 aliphatic rings. The molecule has 0 aliphatic carbocycles. The summed E-state index contributed by atoms with van der Waals surface area (Å²) in [6, 6.07) is 13.1. The summed E-state index contributed by atoms with van der Waals surface area (Å²) in [5.41, 5.74) is 0.615. The van der Waals surface area contributed by atoms with Crippen LogP contribution in [0.2, 0.25) is 0 Å². The fourth-order valence-corrected chi connectivity index (χ4v) is 3.23. The second-order valence-electron chi connectivity index (χ2n) is 5.93. The van der Waals surface area contributed by atoms with Crippen LogP contribution in [0.4, 0.5) is 10.1 Å². The van der Waals surface area contributed by atoms with Gasteiger partial charge in [0.05, 0.1) is 12.8 Å². The fraction of sp³-hybridized carbons (Fsp3) is 0.143. The monoisotopic (exact) mass is 398 g/mol. The number of furan rings is 1. The maximum atomic E-state index is 13.2. The predicted molar refractivity (Wildman–Crippen MR) is 107 cm³/mol. The minimum Gasteiger partial charge on any atom is -0.465 e. The summed E-state index contributed by atoms with van der Waals surface area (Å²) in [6.45, 7) is 0.594. The molecule has 144 valence electrons. The number of nitrogens with one attached hydrogen (secondary N) is 1. The first-order valence-corrected chi connectivity index (χ1v) is 9.57. The third-order valence-electron chi connectivity index (χ3n) is 3.91. The van der Waals surface area contributed by atoms with Gasteiger partial charge in [-0.05, 0) is 53.9 Å². The maximum Gasteiger partial charge on any atom is 0.244 e. The summed E-state index contributed by atoms with van der Waals surface area (Å²) < 4.78 is 18.3. The van der Waals surface area contributed by atoms with E-state index in [-0.39, 0.29) is 30.6 Å². The lowest BCUT2D eigenvalue weighted by Crippen LogP contribution is -2.33. The second kappa shape index (κ2) is 9.66. The van der Waals surface area contributed by atoms with Crippen LogP contribution in [-0.4, -0.2) is 18.4 Å². The highest BCUT2D eigenvalue weighted by atomic mass is 32.1. The quantitative estimate of drug-likeness (QED) is 0.578. The van der Waals surface area contributed by atoms with E-state index in [0.29, 0.717) is 18.0 Å². The average Bonchev–Trinajstić information content (AvgIpc) is 3.39. The van der Waals surface area contributed by atoms with Crippen molar-refractivity contribution in [3.63, 3.8) is 0 Å². The summed E-state index contributed by atoms with van der Waals surface area (Å²) in [7, 11) is 0. The molecule has 1 N–H and O–H groups in total. The highest BCUT2D eigenvalue weighted by molar-refractivity contribution is 7.09. The van der Waals surface area contributed by atoms with E-state index in [0.717, 1.165) is 4.88 Å². The number of hydrogen-bond donors (Lipinski definition) is 1. The van der Waals surface area contributed by atoms with Crippen molar-refractivity contribution < 1.29 is 18.4 Å². The van der Waals surface area contributed by atoms with E-state index in [9.17, 15) is 14.0 Å². The van der Waals surface area contributed by atoms with Crippen molar-refractivity contribution in [1.29, 1.82) is 0 Å². The molecule has 5 nitrogen and oxygen atoms in total. The molecule has 0 fully saturated rings. The van der Waals surface area contributed by atoms with E-state index >= 15 is 0 Å². The molecule has 7 heteroatoms. The van der Waals surface area contributed by atoms with Crippen molar-refractivity contribution in [2.45, 2.75) is 13.0 Å². The van der Waals surface area contributed by atoms with Gasteiger partial charge in [0.1, 0.15) is 11.6 Å². The molecule has 0 bridgehead atoms. The number of benzene rings is 1. The maximum absolute atomic E-state index is 13.2. The molecule has 2 amide bonds. The minimum atomic E-state index is -0.358. The van der Waals surface area contributed by atoms with Crippen LogP contribution in [0, 0.1) is 5.82 Å². The van der Waals surface area contributed by atoms with Gasteiger partial charge < -0.3 is 14.6 Å².